The van der Waals surface area contributed by atoms with Crippen LogP contribution in [0.25, 0.3) is 0 Å². The number of thioether (sulfide) groups is 1. The van der Waals surface area contributed by atoms with E-state index in [0.29, 0.717) is 5.75 Å². The Balaban J connectivity index is 5.40. The largest absolute Gasteiger partial charge is 0.481 e. The highest BCUT2D eigenvalue weighted by Crippen LogP contribution is 2.07. The number of hydrogen-bond acceptors (Lipinski definition) is 8. The molecule has 13 nitrogen and oxygen atoms in total. The predicted molar refractivity (Wildman–Crippen MR) is 115 cm³/mol. The topological polar surface area (TPSA) is 231 Å². The third-order valence-electron chi connectivity index (χ3n) is 4.24. The Labute approximate surface area is 189 Å². The maximum absolute atomic E-state index is 12.8. The average molecular weight is 478 g/mol. The van der Waals surface area contributed by atoms with E-state index in [1.807, 2.05) is 0 Å². The zero-order valence-electron chi connectivity index (χ0n) is 18.1. The second-order valence-corrected chi connectivity index (χ2v) is 8.33. The molecule has 0 saturated heterocycles. The Morgan fingerprint density at radius 1 is 0.875 bits per heavy atom. The summed E-state index contributed by atoms with van der Waals surface area (Å²) in [5.74, 6) is -6.15. The molecule has 0 aliphatic carbocycles. The highest BCUT2D eigenvalue weighted by molar-refractivity contribution is 7.98. The lowest BCUT2D eigenvalue weighted by atomic mass is 10.0. The Morgan fingerprint density at radius 3 is 1.88 bits per heavy atom. The second kappa shape index (κ2) is 14.2. The molecule has 0 bridgehead atoms. The molecular formula is C18H31N5O8S. The van der Waals surface area contributed by atoms with Gasteiger partial charge in [0.05, 0.1) is 18.9 Å². The Hall–Kier alpha value is -2.87. The summed E-state index contributed by atoms with van der Waals surface area (Å²) < 4.78 is 0. The van der Waals surface area contributed by atoms with Gasteiger partial charge in [-0.3, -0.25) is 24.0 Å². The van der Waals surface area contributed by atoms with Gasteiger partial charge in [0.25, 0.3) is 0 Å². The van der Waals surface area contributed by atoms with Crippen LogP contribution in [-0.4, -0.2) is 82.0 Å². The van der Waals surface area contributed by atoms with Crippen molar-refractivity contribution >= 4 is 47.3 Å². The second-order valence-electron chi connectivity index (χ2n) is 7.35. The van der Waals surface area contributed by atoms with Gasteiger partial charge in [-0.15, -0.1) is 0 Å². The van der Waals surface area contributed by atoms with Crippen molar-refractivity contribution in [2.45, 2.75) is 57.3 Å². The number of aliphatic carboxylic acids is 2. The van der Waals surface area contributed by atoms with Gasteiger partial charge in [-0.25, -0.2) is 4.79 Å². The van der Waals surface area contributed by atoms with Gasteiger partial charge < -0.3 is 37.6 Å². The lowest BCUT2D eigenvalue weighted by Crippen LogP contribution is -2.58. The van der Waals surface area contributed by atoms with Gasteiger partial charge in [-0.05, 0) is 24.3 Å². The maximum Gasteiger partial charge on any atom is 0.326 e. The van der Waals surface area contributed by atoms with Gasteiger partial charge in [0.2, 0.25) is 23.6 Å². The van der Waals surface area contributed by atoms with Crippen molar-refractivity contribution in [3.05, 3.63) is 0 Å². The minimum absolute atomic E-state index is 0.186. The van der Waals surface area contributed by atoms with Crippen LogP contribution in [0.2, 0.25) is 0 Å². The highest BCUT2D eigenvalue weighted by atomic mass is 32.2. The minimum Gasteiger partial charge on any atom is -0.481 e. The summed E-state index contributed by atoms with van der Waals surface area (Å²) >= 11 is 1.41. The standard InChI is InChI=1S/C18H31N5O8S/c1-8(2)14(17(29)22-11(18(30)31)7-13(25)26)23-16(28)10(4-5-32-3)21-15(27)9(19)6-12(20)24/h8-11,14H,4-7,19H2,1-3H3,(H2,20,24)(H,21,27)(H,22,29)(H,23,28)(H,25,26)(H,30,31). The molecule has 0 spiro atoms. The number of carbonyl (C=O) groups is 6. The van der Waals surface area contributed by atoms with Crippen molar-refractivity contribution in [2.75, 3.05) is 12.0 Å². The molecule has 0 rings (SSSR count). The number of amides is 4. The van der Waals surface area contributed by atoms with Crippen molar-refractivity contribution < 1.29 is 39.0 Å². The van der Waals surface area contributed by atoms with Crippen molar-refractivity contribution in [3.63, 3.8) is 0 Å². The molecule has 9 N–H and O–H groups in total. The highest BCUT2D eigenvalue weighted by Gasteiger charge is 2.32. The monoisotopic (exact) mass is 477 g/mol. The summed E-state index contributed by atoms with van der Waals surface area (Å²) in [5, 5.41) is 24.9. The zero-order valence-corrected chi connectivity index (χ0v) is 18.9. The number of carboxylic acids is 2. The van der Waals surface area contributed by atoms with Gasteiger partial charge in [0.15, 0.2) is 0 Å². The zero-order chi connectivity index (χ0) is 25.0. The summed E-state index contributed by atoms with van der Waals surface area (Å²) in [6.07, 6.45) is 0.712. The van der Waals surface area contributed by atoms with Crippen LogP contribution < -0.4 is 27.4 Å². The van der Waals surface area contributed by atoms with Crippen molar-refractivity contribution in [2.24, 2.45) is 17.4 Å². The molecule has 0 aliphatic heterocycles. The number of carbonyl (C=O) groups excluding carboxylic acids is 4. The normalized spacial score (nSPS) is 14.5. The van der Waals surface area contributed by atoms with Gasteiger partial charge in [-0.1, -0.05) is 13.8 Å². The first kappa shape index (κ1) is 29.1. The summed E-state index contributed by atoms with van der Waals surface area (Å²) in [6, 6.07) is -5.23. The summed E-state index contributed by atoms with van der Waals surface area (Å²) in [7, 11) is 0. The van der Waals surface area contributed by atoms with Crippen LogP contribution in [-0.2, 0) is 28.8 Å². The molecule has 14 heteroatoms. The molecule has 0 aromatic heterocycles. The average Bonchev–Trinajstić information content (AvgIpc) is 2.66. The van der Waals surface area contributed by atoms with Crippen LogP contribution in [0.15, 0.2) is 0 Å². The molecule has 0 fully saturated rings. The first-order valence-corrected chi connectivity index (χ1v) is 11.1. The van der Waals surface area contributed by atoms with E-state index < -0.39 is 78.5 Å². The van der Waals surface area contributed by atoms with Crippen LogP contribution in [0.3, 0.4) is 0 Å². The fourth-order valence-corrected chi connectivity index (χ4v) is 2.99. The first-order chi connectivity index (χ1) is 14.8. The Morgan fingerprint density at radius 2 is 1.44 bits per heavy atom. The third kappa shape index (κ3) is 10.9. The van der Waals surface area contributed by atoms with Gasteiger partial charge in [0.1, 0.15) is 18.1 Å². The molecule has 4 atom stereocenters. The van der Waals surface area contributed by atoms with E-state index in [0.717, 1.165) is 0 Å². The molecule has 0 saturated carbocycles. The molecule has 0 radical (unpaired) electrons. The summed E-state index contributed by atoms with van der Waals surface area (Å²) in [4.78, 5) is 70.6. The van der Waals surface area contributed by atoms with Gasteiger partial charge in [-0.2, -0.15) is 11.8 Å². The molecule has 0 aromatic carbocycles. The molecule has 4 amide bonds. The summed E-state index contributed by atoms with van der Waals surface area (Å²) in [6.45, 7) is 3.19. The molecular weight excluding hydrogens is 446 g/mol. The fraction of sp³-hybridized carbons (Fsp3) is 0.667. The van der Waals surface area contributed by atoms with E-state index in [1.165, 1.54) is 11.8 Å². The Kier molecular flexibility index (Phi) is 13.0. The smallest absolute Gasteiger partial charge is 0.326 e. The maximum atomic E-state index is 12.8. The lowest BCUT2D eigenvalue weighted by molar-refractivity contribution is -0.147. The number of primary amides is 1. The van der Waals surface area contributed by atoms with Gasteiger partial charge in [0, 0.05) is 0 Å². The molecule has 182 valence electrons. The number of rotatable bonds is 15. The SMILES string of the molecule is CSCCC(NC(=O)C(N)CC(N)=O)C(=O)NC(C(=O)NC(CC(=O)O)C(=O)O)C(C)C. The molecule has 0 heterocycles. The molecule has 0 aliphatic rings. The number of nitrogens with one attached hydrogen (secondary N) is 3. The van der Waals surface area contributed by atoms with E-state index in [9.17, 15) is 28.8 Å². The molecule has 32 heavy (non-hydrogen) atoms. The first-order valence-electron chi connectivity index (χ1n) is 9.68. The lowest BCUT2D eigenvalue weighted by Gasteiger charge is -2.26. The van der Waals surface area contributed by atoms with Gasteiger partial charge >= 0.3 is 11.9 Å². The quantitative estimate of drug-likeness (QED) is 0.132. The Bertz CT molecular complexity index is 717. The van der Waals surface area contributed by atoms with E-state index >= 15 is 0 Å². The van der Waals surface area contributed by atoms with Crippen molar-refractivity contribution in [3.8, 4) is 0 Å². The van der Waals surface area contributed by atoms with E-state index in [2.05, 4.69) is 16.0 Å². The van der Waals surface area contributed by atoms with Crippen LogP contribution in [0.4, 0.5) is 0 Å². The fourth-order valence-electron chi connectivity index (χ4n) is 2.52. The third-order valence-corrected chi connectivity index (χ3v) is 4.89. The van der Waals surface area contributed by atoms with Crippen LogP contribution >= 0.6 is 11.8 Å². The predicted octanol–water partition coefficient (Wildman–Crippen LogP) is -2.39. The number of hydrogen-bond donors (Lipinski definition) is 7. The van der Waals surface area contributed by atoms with Crippen molar-refractivity contribution in [1.82, 2.24) is 16.0 Å². The van der Waals surface area contributed by atoms with Crippen LogP contribution in [0.5, 0.6) is 0 Å². The van der Waals surface area contributed by atoms with E-state index in [4.69, 9.17) is 21.7 Å². The van der Waals surface area contributed by atoms with Crippen LogP contribution in [0, 0.1) is 5.92 Å². The number of carboxylic acid groups (broad SMARTS) is 2. The summed E-state index contributed by atoms with van der Waals surface area (Å²) in [5.41, 5.74) is 10.6. The van der Waals surface area contributed by atoms with E-state index in [-0.39, 0.29) is 6.42 Å². The minimum atomic E-state index is -1.68. The molecule has 4 unspecified atom stereocenters. The van der Waals surface area contributed by atoms with Crippen LogP contribution in [0.1, 0.15) is 33.1 Å². The number of nitrogens with two attached hydrogens (primary N) is 2. The van der Waals surface area contributed by atoms with Crippen molar-refractivity contribution in [1.29, 1.82) is 0 Å². The molecule has 0 aromatic rings. The van der Waals surface area contributed by atoms with E-state index in [1.54, 1.807) is 20.1 Å².